The van der Waals surface area contributed by atoms with Gasteiger partial charge in [0.05, 0.1) is 13.2 Å². The summed E-state index contributed by atoms with van der Waals surface area (Å²) in [7, 11) is 3.13. The zero-order valence-corrected chi connectivity index (χ0v) is 17.5. The number of ether oxygens (including phenoxy) is 3. The molecule has 1 atom stereocenters. The normalized spacial score (nSPS) is 11.9. The lowest BCUT2D eigenvalue weighted by molar-refractivity contribution is -0.131. The molecule has 29 heavy (non-hydrogen) atoms. The number of methoxy groups -OCH3 is 2. The van der Waals surface area contributed by atoms with Gasteiger partial charge in [-0.05, 0) is 68.5 Å². The molecule has 0 fully saturated rings. The smallest absolute Gasteiger partial charge is 0.249 e. The Hall–Kier alpha value is -2.60. The van der Waals surface area contributed by atoms with E-state index in [1.807, 2.05) is 32.0 Å². The van der Waals surface area contributed by atoms with Crippen molar-refractivity contribution >= 4 is 5.91 Å². The largest absolute Gasteiger partial charge is 0.493 e. The third-order valence-corrected chi connectivity index (χ3v) is 4.49. The van der Waals surface area contributed by atoms with Gasteiger partial charge in [-0.25, -0.2) is 4.39 Å². The second kappa shape index (κ2) is 11.4. The molecule has 0 bridgehead atoms. The van der Waals surface area contributed by atoms with Crippen LogP contribution in [0.3, 0.4) is 0 Å². The summed E-state index contributed by atoms with van der Waals surface area (Å²) in [6.07, 6.45) is 1.36. The minimum Gasteiger partial charge on any atom is -0.493 e. The fraction of sp³-hybridized carbons (Fsp3) is 0.435. The van der Waals surface area contributed by atoms with Gasteiger partial charge in [-0.1, -0.05) is 18.2 Å². The standard InChI is InChI=1S/C23H30FNO4/c1-16(2)29-20-11-8-18(15-22(20)28-4)13-14-25-23(26)21(27-3)12-7-17-5-9-19(24)10-6-17/h5-6,8-11,15-16,21H,7,12-14H2,1-4H3,(H,25,26)/t21-/m1/s1. The van der Waals surface area contributed by atoms with Crippen LogP contribution in [0.4, 0.5) is 4.39 Å². The molecule has 0 aliphatic rings. The summed E-state index contributed by atoms with van der Waals surface area (Å²) in [6, 6.07) is 12.1. The summed E-state index contributed by atoms with van der Waals surface area (Å²) in [4.78, 5) is 12.4. The maximum atomic E-state index is 13.0. The van der Waals surface area contributed by atoms with Crippen LogP contribution in [0.2, 0.25) is 0 Å². The molecule has 0 aromatic heterocycles. The molecule has 0 spiro atoms. The Morgan fingerprint density at radius 2 is 1.69 bits per heavy atom. The number of rotatable bonds is 11. The van der Waals surface area contributed by atoms with Crippen molar-refractivity contribution < 1.29 is 23.4 Å². The summed E-state index contributed by atoms with van der Waals surface area (Å²) in [5.74, 6) is 0.962. The predicted molar refractivity (Wildman–Crippen MR) is 111 cm³/mol. The number of aryl methyl sites for hydroxylation is 1. The van der Waals surface area contributed by atoms with E-state index in [9.17, 15) is 9.18 Å². The lowest BCUT2D eigenvalue weighted by Crippen LogP contribution is -2.37. The number of hydrogen-bond donors (Lipinski definition) is 1. The van der Waals surface area contributed by atoms with Crippen LogP contribution < -0.4 is 14.8 Å². The maximum absolute atomic E-state index is 13.0. The summed E-state index contributed by atoms with van der Waals surface area (Å²) < 4.78 is 29.4. The number of amides is 1. The fourth-order valence-corrected chi connectivity index (χ4v) is 2.97. The first-order chi connectivity index (χ1) is 13.9. The third-order valence-electron chi connectivity index (χ3n) is 4.49. The van der Waals surface area contributed by atoms with Crippen molar-refractivity contribution in [3.05, 3.63) is 59.4 Å². The Bertz CT molecular complexity index is 777. The van der Waals surface area contributed by atoms with Crippen LogP contribution in [-0.2, 0) is 22.4 Å². The Labute approximate surface area is 172 Å². The number of carbonyl (C=O) groups excluding carboxylic acids is 1. The minimum absolute atomic E-state index is 0.0647. The molecule has 0 aliphatic heterocycles. The molecule has 0 saturated heterocycles. The van der Waals surface area contributed by atoms with E-state index in [0.29, 0.717) is 37.3 Å². The van der Waals surface area contributed by atoms with Crippen molar-refractivity contribution in [2.45, 2.75) is 45.3 Å². The molecule has 2 rings (SSSR count). The summed E-state index contributed by atoms with van der Waals surface area (Å²) in [6.45, 7) is 4.42. The minimum atomic E-state index is -0.545. The number of hydrogen-bond acceptors (Lipinski definition) is 4. The highest BCUT2D eigenvalue weighted by Crippen LogP contribution is 2.29. The average molecular weight is 403 g/mol. The number of nitrogens with one attached hydrogen (secondary N) is 1. The molecule has 0 aliphatic carbocycles. The Balaban J connectivity index is 1.83. The van der Waals surface area contributed by atoms with Crippen LogP contribution in [0, 0.1) is 5.82 Å². The van der Waals surface area contributed by atoms with Crippen LogP contribution in [-0.4, -0.2) is 38.9 Å². The third kappa shape index (κ3) is 7.38. The van der Waals surface area contributed by atoms with E-state index in [-0.39, 0.29) is 17.8 Å². The lowest BCUT2D eigenvalue weighted by atomic mass is 10.1. The van der Waals surface area contributed by atoms with Gasteiger partial charge in [-0.2, -0.15) is 0 Å². The van der Waals surface area contributed by atoms with E-state index in [1.54, 1.807) is 19.2 Å². The van der Waals surface area contributed by atoms with E-state index in [0.717, 1.165) is 11.1 Å². The van der Waals surface area contributed by atoms with Crippen molar-refractivity contribution in [2.24, 2.45) is 0 Å². The van der Waals surface area contributed by atoms with Crippen molar-refractivity contribution in [3.63, 3.8) is 0 Å². The highest BCUT2D eigenvalue weighted by Gasteiger charge is 2.17. The highest BCUT2D eigenvalue weighted by molar-refractivity contribution is 5.80. The van der Waals surface area contributed by atoms with Crippen molar-refractivity contribution in [1.82, 2.24) is 5.32 Å². The van der Waals surface area contributed by atoms with E-state index in [1.165, 1.54) is 19.2 Å². The monoisotopic (exact) mass is 403 g/mol. The Morgan fingerprint density at radius 1 is 1.00 bits per heavy atom. The second-order valence-corrected chi connectivity index (χ2v) is 7.08. The van der Waals surface area contributed by atoms with Gasteiger partial charge in [-0.3, -0.25) is 4.79 Å². The molecule has 158 valence electrons. The summed E-state index contributed by atoms with van der Waals surface area (Å²) >= 11 is 0. The van der Waals surface area contributed by atoms with Gasteiger partial charge >= 0.3 is 0 Å². The molecule has 5 nitrogen and oxygen atoms in total. The summed E-state index contributed by atoms with van der Waals surface area (Å²) in [5, 5.41) is 2.92. The number of benzene rings is 2. The van der Waals surface area contributed by atoms with Gasteiger partial charge in [0.1, 0.15) is 11.9 Å². The lowest BCUT2D eigenvalue weighted by Gasteiger charge is -2.16. The second-order valence-electron chi connectivity index (χ2n) is 7.08. The van der Waals surface area contributed by atoms with Gasteiger partial charge in [0.2, 0.25) is 5.91 Å². The average Bonchev–Trinajstić information content (AvgIpc) is 2.70. The zero-order valence-electron chi connectivity index (χ0n) is 17.5. The molecule has 0 radical (unpaired) electrons. The van der Waals surface area contributed by atoms with E-state index < -0.39 is 6.10 Å². The number of carbonyl (C=O) groups is 1. The van der Waals surface area contributed by atoms with Gasteiger partial charge < -0.3 is 19.5 Å². The molecule has 0 heterocycles. The van der Waals surface area contributed by atoms with E-state index >= 15 is 0 Å². The fourth-order valence-electron chi connectivity index (χ4n) is 2.97. The Kier molecular flexibility index (Phi) is 8.93. The van der Waals surface area contributed by atoms with Crippen LogP contribution in [0.25, 0.3) is 0 Å². The quantitative estimate of drug-likeness (QED) is 0.618. The van der Waals surface area contributed by atoms with E-state index in [4.69, 9.17) is 14.2 Å². The molecular weight excluding hydrogens is 373 g/mol. The number of halogens is 1. The Morgan fingerprint density at radius 3 is 2.31 bits per heavy atom. The molecule has 6 heteroatoms. The summed E-state index contributed by atoms with van der Waals surface area (Å²) in [5.41, 5.74) is 2.01. The first-order valence-corrected chi connectivity index (χ1v) is 9.81. The molecule has 0 unspecified atom stereocenters. The molecule has 1 N–H and O–H groups in total. The van der Waals surface area contributed by atoms with Crippen molar-refractivity contribution in [1.29, 1.82) is 0 Å². The molecule has 2 aromatic rings. The molecular formula is C23H30FNO4. The SMILES string of the molecule is COc1cc(CCNC(=O)[C@@H](CCc2ccc(F)cc2)OC)ccc1OC(C)C. The van der Waals surface area contributed by atoms with Crippen molar-refractivity contribution in [3.8, 4) is 11.5 Å². The maximum Gasteiger partial charge on any atom is 0.249 e. The van der Waals surface area contributed by atoms with Gasteiger partial charge in [0.15, 0.2) is 11.5 Å². The molecule has 2 aromatic carbocycles. The zero-order chi connectivity index (χ0) is 21.2. The van der Waals surface area contributed by atoms with Crippen LogP contribution >= 0.6 is 0 Å². The predicted octanol–water partition coefficient (Wildman–Crippen LogP) is 3.93. The van der Waals surface area contributed by atoms with E-state index in [2.05, 4.69) is 5.32 Å². The molecule has 1 amide bonds. The first kappa shape index (κ1) is 22.7. The van der Waals surface area contributed by atoms with Gasteiger partial charge in [0.25, 0.3) is 0 Å². The van der Waals surface area contributed by atoms with Crippen molar-refractivity contribution in [2.75, 3.05) is 20.8 Å². The first-order valence-electron chi connectivity index (χ1n) is 9.81. The van der Waals surface area contributed by atoms with Gasteiger partial charge in [0, 0.05) is 13.7 Å². The van der Waals surface area contributed by atoms with Gasteiger partial charge in [-0.15, -0.1) is 0 Å². The van der Waals surface area contributed by atoms with Crippen LogP contribution in [0.15, 0.2) is 42.5 Å². The topological polar surface area (TPSA) is 56.8 Å². The molecule has 0 saturated carbocycles. The highest BCUT2D eigenvalue weighted by atomic mass is 19.1. The van der Waals surface area contributed by atoms with Crippen LogP contribution in [0.1, 0.15) is 31.4 Å². The van der Waals surface area contributed by atoms with Crippen LogP contribution in [0.5, 0.6) is 11.5 Å².